The van der Waals surface area contributed by atoms with Crippen molar-refractivity contribution in [2.75, 3.05) is 13.2 Å². The summed E-state index contributed by atoms with van der Waals surface area (Å²) in [5.74, 6) is 1.57. The third-order valence-corrected chi connectivity index (χ3v) is 2.44. The zero-order valence-corrected chi connectivity index (χ0v) is 11.5. The van der Waals surface area contributed by atoms with E-state index in [1.807, 2.05) is 51.1 Å². The van der Waals surface area contributed by atoms with Crippen molar-refractivity contribution in [2.45, 2.75) is 33.2 Å². The van der Waals surface area contributed by atoms with Crippen molar-refractivity contribution < 1.29 is 9.47 Å². The Morgan fingerprint density at radius 3 is 2.67 bits per heavy atom. The van der Waals surface area contributed by atoms with E-state index in [1.165, 1.54) is 5.56 Å². The molecule has 0 bridgehead atoms. The minimum absolute atomic E-state index is 0.147. The molecule has 1 unspecified atom stereocenters. The molecule has 0 aliphatic carbocycles. The zero-order valence-electron chi connectivity index (χ0n) is 11.5. The average Bonchev–Trinajstić information content (AvgIpc) is 2.32. The smallest absolute Gasteiger partial charge is 0.161 e. The van der Waals surface area contributed by atoms with Crippen LogP contribution in [0.2, 0.25) is 0 Å². The minimum Gasteiger partial charge on any atom is -0.490 e. The lowest BCUT2D eigenvalue weighted by Crippen LogP contribution is -2.17. The monoisotopic (exact) mass is 249 g/mol. The number of hydrogen-bond acceptors (Lipinski definition) is 3. The van der Waals surface area contributed by atoms with E-state index in [1.54, 1.807) is 0 Å². The van der Waals surface area contributed by atoms with E-state index in [-0.39, 0.29) is 6.04 Å². The van der Waals surface area contributed by atoms with Crippen LogP contribution in [0.25, 0.3) is 0 Å². The van der Waals surface area contributed by atoms with Crippen molar-refractivity contribution in [1.82, 2.24) is 0 Å². The highest BCUT2D eigenvalue weighted by Gasteiger charge is 2.07. The molecule has 1 aromatic carbocycles. The number of allylic oxidation sites excluding steroid dienone is 1. The molecular weight excluding hydrogens is 226 g/mol. The molecule has 3 nitrogen and oxygen atoms in total. The second-order valence-electron chi connectivity index (χ2n) is 4.28. The fourth-order valence-corrected chi connectivity index (χ4v) is 1.67. The number of ether oxygens (including phenoxy) is 2. The maximum absolute atomic E-state index is 5.80. The summed E-state index contributed by atoms with van der Waals surface area (Å²) in [7, 11) is 0. The maximum atomic E-state index is 5.80. The summed E-state index contributed by atoms with van der Waals surface area (Å²) >= 11 is 0. The molecule has 0 saturated carbocycles. The highest BCUT2D eigenvalue weighted by molar-refractivity contribution is 5.43. The molecule has 3 heteroatoms. The van der Waals surface area contributed by atoms with Crippen LogP contribution >= 0.6 is 0 Å². The van der Waals surface area contributed by atoms with Gasteiger partial charge >= 0.3 is 0 Å². The number of benzene rings is 1. The Morgan fingerprint density at radius 1 is 1.28 bits per heavy atom. The molecule has 0 radical (unpaired) electrons. The van der Waals surface area contributed by atoms with Gasteiger partial charge in [-0.15, -0.1) is 0 Å². The molecule has 0 spiro atoms. The Kier molecular flexibility index (Phi) is 6.29. The Bertz CT molecular complexity index is 386. The van der Waals surface area contributed by atoms with Crippen LogP contribution in [0.1, 0.15) is 26.3 Å². The first kappa shape index (κ1) is 14.6. The van der Waals surface area contributed by atoms with Gasteiger partial charge in [0.05, 0.1) is 6.61 Å². The molecule has 0 saturated heterocycles. The predicted octanol–water partition coefficient (Wildman–Crippen LogP) is 2.93. The lowest BCUT2D eigenvalue weighted by atomic mass is 10.1. The molecule has 2 N–H and O–H groups in total. The first-order valence-corrected chi connectivity index (χ1v) is 6.42. The second-order valence-corrected chi connectivity index (χ2v) is 4.28. The molecule has 1 atom stereocenters. The van der Waals surface area contributed by atoms with Gasteiger partial charge in [-0.3, -0.25) is 0 Å². The van der Waals surface area contributed by atoms with Gasteiger partial charge in [0.25, 0.3) is 0 Å². The van der Waals surface area contributed by atoms with Crippen molar-refractivity contribution in [1.29, 1.82) is 0 Å². The van der Waals surface area contributed by atoms with Crippen molar-refractivity contribution in [2.24, 2.45) is 5.73 Å². The molecule has 0 fully saturated rings. The molecule has 0 heterocycles. The van der Waals surface area contributed by atoms with Crippen molar-refractivity contribution >= 4 is 0 Å². The van der Waals surface area contributed by atoms with Crippen LogP contribution in [-0.4, -0.2) is 19.3 Å². The summed E-state index contributed by atoms with van der Waals surface area (Å²) in [4.78, 5) is 0. The predicted molar refractivity (Wildman–Crippen MR) is 75.3 cm³/mol. The van der Waals surface area contributed by atoms with Gasteiger partial charge in [-0.2, -0.15) is 0 Å². The summed E-state index contributed by atoms with van der Waals surface area (Å²) in [6.07, 6.45) is 4.77. The summed E-state index contributed by atoms with van der Waals surface area (Å²) in [5, 5.41) is 0. The molecule has 0 aromatic heterocycles. The van der Waals surface area contributed by atoms with E-state index in [9.17, 15) is 0 Å². The molecule has 100 valence electrons. The number of rotatable bonds is 7. The van der Waals surface area contributed by atoms with Crippen LogP contribution in [0.5, 0.6) is 11.5 Å². The molecule has 0 aliphatic rings. The van der Waals surface area contributed by atoms with Crippen LogP contribution in [0.15, 0.2) is 30.4 Å². The van der Waals surface area contributed by atoms with E-state index >= 15 is 0 Å². The van der Waals surface area contributed by atoms with Gasteiger partial charge in [-0.05, 0) is 44.9 Å². The van der Waals surface area contributed by atoms with Gasteiger partial charge in [-0.1, -0.05) is 18.2 Å². The Morgan fingerprint density at radius 2 is 2.06 bits per heavy atom. The minimum atomic E-state index is 0.147. The fraction of sp³-hybridized carbons (Fsp3) is 0.467. The van der Waals surface area contributed by atoms with Crippen LogP contribution in [0.3, 0.4) is 0 Å². The van der Waals surface area contributed by atoms with Crippen molar-refractivity contribution in [3.63, 3.8) is 0 Å². The van der Waals surface area contributed by atoms with Crippen LogP contribution in [0.4, 0.5) is 0 Å². The molecule has 0 aliphatic heterocycles. The lowest BCUT2D eigenvalue weighted by molar-refractivity contribution is 0.296. The van der Waals surface area contributed by atoms with E-state index in [0.29, 0.717) is 13.2 Å². The summed E-state index contributed by atoms with van der Waals surface area (Å²) in [5.41, 5.74) is 6.98. The quantitative estimate of drug-likeness (QED) is 0.756. The van der Waals surface area contributed by atoms with Crippen LogP contribution in [-0.2, 0) is 6.42 Å². The highest BCUT2D eigenvalue weighted by Crippen LogP contribution is 2.28. The highest BCUT2D eigenvalue weighted by atomic mass is 16.5. The van der Waals surface area contributed by atoms with Gasteiger partial charge in [0.2, 0.25) is 0 Å². The van der Waals surface area contributed by atoms with E-state index < -0.39 is 0 Å². The topological polar surface area (TPSA) is 44.5 Å². The van der Waals surface area contributed by atoms with Gasteiger partial charge < -0.3 is 15.2 Å². The van der Waals surface area contributed by atoms with Crippen molar-refractivity contribution in [3.8, 4) is 11.5 Å². The van der Waals surface area contributed by atoms with Crippen LogP contribution < -0.4 is 15.2 Å². The summed E-state index contributed by atoms with van der Waals surface area (Å²) in [6, 6.07) is 6.15. The normalized spacial score (nSPS) is 12.7. The zero-order chi connectivity index (χ0) is 13.4. The van der Waals surface area contributed by atoms with Crippen LogP contribution in [0, 0.1) is 0 Å². The first-order valence-electron chi connectivity index (χ1n) is 6.42. The van der Waals surface area contributed by atoms with Gasteiger partial charge in [0.15, 0.2) is 11.5 Å². The van der Waals surface area contributed by atoms with Gasteiger partial charge in [-0.25, -0.2) is 0 Å². The second kappa shape index (κ2) is 7.77. The summed E-state index contributed by atoms with van der Waals surface area (Å²) < 4.78 is 11.2. The number of nitrogens with two attached hydrogens (primary N) is 1. The first-order chi connectivity index (χ1) is 8.67. The van der Waals surface area contributed by atoms with Gasteiger partial charge in [0, 0.05) is 6.04 Å². The third-order valence-electron chi connectivity index (χ3n) is 2.44. The molecule has 1 rings (SSSR count). The standard InChI is InChI=1S/C15H23NO2/c1-4-6-9-18-14-8-7-13(10-12(3)16)11-15(14)17-5-2/h4,6-8,11-12H,5,9-10,16H2,1-3H3/b6-4+. The largest absolute Gasteiger partial charge is 0.490 e. The van der Waals surface area contributed by atoms with E-state index in [0.717, 1.165) is 17.9 Å². The molecule has 1 aromatic rings. The Hall–Kier alpha value is -1.48. The van der Waals surface area contributed by atoms with E-state index in [4.69, 9.17) is 15.2 Å². The van der Waals surface area contributed by atoms with Crippen molar-refractivity contribution in [3.05, 3.63) is 35.9 Å². The van der Waals surface area contributed by atoms with E-state index in [2.05, 4.69) is 0 Å². The Balaban J connectivity index is 2.82. The SMILES string of the molecule is C/C=C/COc1ccc(CC(C)N)cc1OCC. The maximum Gasteiger partial charge on any atom is 0.161 e. The fourth-order valence-electron chi connectivity index (χ4n) is 1.67. The van der Waals surface area contributed by atoms with Gasteiger partial charge in [0.1, 0.15) is 6.61 Å². The molecular formula is C15H23NO2. The third kappa shape index (κ3) is 4.80. The molecule has 18 heavy (non-hydrogen) atoms. The average molecular weight is 249 g/mol. The Labute approximate surface area is 110 Å². The summed E-state index contributed by atoms with van der Waals surface area (Å²) in [6.45, 7) is 7.12. The lowest BCUT2D eigenvalue weighted by Gasteiger charge is -2.13. The number of hydrogen-bond donors (Lipinski definition) is 1. The molecule has 0 amide bonds.